The molecule has 1 aromatic rings. The summed E-state index contributed by atoms with van der Waals surface area (Å²) in [5, 5.41) is 0. The first-order chi connectivity index (χ1) is 9.74. The Hall–Kier alpha value is -1.44. The van der Waals surface area contributed by atoms with Crippen LogP contribution in [-0.4, -0.2) is 30.9 Å². The number of unbranched alkanes of at least 4 members (excludes halogenated alkanes) is 5. The molecule has 0 amide bonds. The summed E-state index contributed by atoms with van der Waals surface area (Å²) in [7, 11) is -3.72. The highest BCUT2D eigenvalue weighted by molar-refractivity contribution is 7.51. The highest BCUT2D eigenvalue weighted by Crippen LogP contribution is 2.35. The molecule has 8 N–H and O–H groups in total. The van der Waals surface area contributed by atoms with Gasteiger partial charge in [0.15, 0.2) is 0 Å². The van der Waals surface area contributed by atoms with E-state index in [1.54, 1.807) is 0 Å². The second-order valence-electron chi connectivity index (χ2n) is 4.57. The standard InChI is InChI=1S/C8H19O3P.C3H6N6/c1-2-3-4-5-6-7-8-12(9,10)11;4-1-7-2(5)9-3(6)8-1/h2-8H2,1H3,(H2,9,10,11);(H6,4,5,6,7,8,9). The maximum atomic E-state index is 10.4. The molecule has 0 atom stereocenters. The Labute approximate surface area is 124 Å². The fourth-order valence-corrected chi connectivity index (χ4v) is 2.16. The molecule has 0 aromatic carbocycles. The third-order valence-corrected chi connectivity index (χ3v) is 3.39. The van der Waals surface area contributed by atoms with E-state index < -0.39 is 7.60 Å². The second kappa shape index (κ2) is 10.3. The van der Waals surface area contributed by atoms with E-state index in [1.807, 2.05) is 0 Å². The summed E-state index contributed by atoms with van der Waals surface area (Å²) in [5.41, 5.74) is 15.4. The Morgan fingerprint density at radius 2 is 1.24 bits per heavy atom. The van der Waals surface area contributed by atoms with Gasteiger partial charge in [-0.15, -0.1) is 0 Å². The van der Waals surface area contributed by atoms with Crippen LogP contribution in [0.3, 0.4) is 0 Å². The van der Waals surface area contributed by atoms with Crippen molar-refractivity contribution in [1.29, 1.82) is 0 Å². The molecule has 1 aromatic heterocycles. The number of aromatic nitrogens is 3. The van der Waals surface area contributed by atoms with Crippen molar-refractivity contribution in [2.75, 3.05) is 23.4 Å². The van der Waals surface area contributed by atoms with Crippen molar-refractivity contribution >= 4 is 25.4 Å². The molecule has 0 unspecified atom stereocenters. The summed E-state index contributed by atoms with van der Waals surface area (Å²) in [4.78, 5) is 27.5. The van der Waals surface area contributed by atoms with Crippen LogP contribution in [0.5, 0.6) is 0 Å². The van der Waals surface area contributed by atoms with Gasteiger partial charge in [0, 0.05) is 6.16 Å². The molecule has 0 aliphatic heterocycles. The van der Waals surface area contributed by atoms with Gasteiger partial charge in [-0.1, -0.05) is 39.0 Å². The van der Waals surface area contributed by atoms with Crippen molar-refractivity contribution in [3.63, 3.8) is 0 Å². The summed E-state index contributed by atoms with van der Waals surface area (Å²) in [5.74, 6) is 0.125. The minimum absolute atomic E-state index is 0.0417. The molecule has 9 nitrogen and oxygen atoms in total. The molecule has 1 rings (SSSR count). The Morgan fingerprint density at radius 1 is 0.857 bits per heavy atom. The molecule has 10 heteroatoms. The van der Waals surface area contributed by atoms with Crippen LogP contribution in [0, 0.1) is 0 Å². The van der Waals surface area contributed by atoms with Crippen molar-refractivity contribution in [3.8, 4) is 0 Å². The lowest BCUT2D eigenvalue weighted by Gasteiger charge is -2.02. The van der Waals surface area contributed by atoms with Crippen LogP contribution >= 0.6 is 7.60 Å². The zero-order valence-corrected chi connectivity index (χ0v) is 13.2. The van der Waals surface area contributed by atoms with Crippen molar-refractivity contribution < 1.29 is 14.4 Å². The van der Waals surface area contributed by atoms with E-state index in [1.165, 1.54) is 19.3 Å². The third kappa shape index (κ3) is 13.3. The van der Waals surface area contributed by atoms with Crippen LogP contribution in [0.2, 0.25) is 0 Å². The predicted molar refractivity (Wildman–Crippen MR) is 83.4 cm³/mol. The molecule has 1 heterocycles. The van der Waals surface area contributed by atoms with Gasteiger partial charge in [-0.25, -0.2) is 0 Å². The fourth-order valence-electron chi connectivity index (χ4n) is 1.53. The first-order valence-electron chi connectivity index (χ1n) is 6.81. The highest BCUT2D eigenvalue weighted by atomic mass is 31.2. The second-order valence-corrected chi connectivity index (χ2v) is 6.34. The molecular formula is C11H25N6O3P. The molecular weight excluding hydrogens is 295 g/mol. The average Bonchev–Trinajstić information content (AvgIpc) is 2.31. The van der Waals surface area contributed by atoms with Crippen molar-refractivity contribution in [2.45, 2.75) is 45.4 Å². The summed E-state index contributed by atoms with van der Waals surface area (Å²) in [6.07, 6.45) is 6.40. The van der Waals surface area contributed by atoms with Gasteiger partial charge in [0.25, 0.3) is 0 Å². The molecule has 0 saturated heterocycles. The lowest BCUT2D eigenvalue weighted by molar-refractivity contribution is 0.370. The molecule has 0 saturated carbocycles. The van der Waals surface area contributed by atoms with Crippen molar-refractivity contribution in [2.24, 2.45) is 0 Å². The van der Waals surface area contributed by atoms with E-state index in [9.17, 15) is 4.57 Å². The smallest absolute Gasteiger partial charge is 0.325 e. The van der Waals surface area contributed by atoms with E-state index in [0.29, 0.717) is 6.42 Å². The lowest BCUT2D eigenvalue weighted by Crippen LogP contribution is -2.05. The molecule has 122 valence electrons. The number of anilines is 3. The van der Waals surface area contributed by atoms with Gasteiger partial charge in [0.2, 0.25) is 17.8 Å². The summed E-state index contributed by atoms with van der Waals surface area (Å²) in [6, 6.07) is 0. The fraction of sp³-hybridized carbons (Fsp3) is 0.727. The maximum Gasteiger partial charge on any atom is 0.325 e. The number of hydrogen-bond donors (Lipinski definition) is 5. The van der Waals surface area contributed by atoms with Crippen LogP contribution in [0.4, 0.5) is 17.8 Å². The highest BCUT2D eigenvalue weighted by Gasteiger charge is 2.10. The molecule has 0 fully saturated rings. The van der Waals surface area contributed by atoms with Crippen molar-refractivity contribution in [1.82, 2.24) is 15.0 Å². The summed E-state index contributed by atoms with van der Waals surface area (Å²) < 4.78 is 10.4. The predicted octanol–water partition coefficient (Wildman–Crippen LogP) is 1.14. The number of hydrogen-bond acceptors (Lipinski definition) is 7. The number of nitrogens with two attached hydrogens (primary N) is 3. The van der Waals surface area contributed by atoms with Gasteiger partial charge in [-0.2, -0.15) is 15.0 Å². The Kier molecular flexibility index (Phi) is 9.60. The van der Waals surface area contributed by atoms with E-state index >= 15 is 0 Å². The van der Waals surface area contributed by atoms with Gasteiger partial charge >= 0.3 is 7.60 Å². The summed E-state index contributed by atoms with van der Waals surface area (Å²) >= 11 is 0. The van der Waals surface area contributed by atoms with Crippen molar-refractivity contribution in [3.05, 3.63) is 0 Å². The Balaban J connectivity index is 0.000000394. The third-order valence-electron chi connectivity index (χ3n) is 2.49. The van der Waals surface area contributed by atoms with E-state index in [2.05, 4.69) is 21.9 Å². The normalized spacial score (nSPS) is 10.8. The van der Waals surface area contributed by atoms with Crippen LogP contribution < -0.4 is 17.2 Å². The quantitative estimate of drug-likeness (QED) is 0.364. The van der Waals surface area contributed by atoms with Crippen LogP contribution in [-0.2, 0) is 4.57 Å². The Morgan fingerprint density at radius 3 is 1.62 bits per heavy atom. The first-order valence-corrected chi connectivity index (χ1v) is 8.61. The number of rotatable bonds is 7. The van der Waals surface area contributed by atoms with Crippen LogP contribution in [0.15, 0.2) is 0 Å². The molecule has 21 heavy (non-hydrogen) atoms. The van der Waals surface area contributed by atoms with Gasteiger partial charge in [-0.3, -0.25) is 4.57 Å². The van der Waals surface area contributed by atoms with Gasteiger partial charge < -0.3 is 27.0 Å². The molecule has 0 spiro atoms. The minimum atomic E-state index is -3.72. The van der Waals surface area contributed by atoms with E-state index in [0.717, 1.165) is 12.8 Å². The average molecular weight is 320 g/mol. The van der Waals surface area contributed by atoms with Gasteiger partial charge in [-0.05, 0) is 6.42 Å². The van der Waals surface area contributed by atoms with Crippen LogP contribution in [0.1, 0.15) is 45.4 Å². The van der Waals surface area contributed by atoms with E-state index in [-0.39, 0.29) is 24.0 Å². The zero-order valence-electron chi connectivity index (χ0n) is 12.3. The first kappa shape index (κ1) is 19.6. The van der Waals surface area contributed by atoms with Gasteiger partial charge in [0.1, 0.15) is 0 Å². The Bertz CT molecular complexity index is 403. The molecule has 0 radical (unpaired) electrons. The van der Waals surface area contributed by atoms with Gasteiger partial charge in [0.05, 0.1) is 0 Å². The van der Waals surface area contributed by atoms with Crippen LogP contribution in [0.25, 0.3) is 0 Å². The zero-order chi connectivity index (χ0) is 16.3. The molecule has 0 aliphatic rings. The molecule has 0 aliphatic carbocycles. The lowest BCUT2D eigenvalue weighted by atomic mass is 10.1. The van der Waals surface area contributed by atoms with E-state index in [4.69, 9.17) is 27.0 Å². The molecule has 0 bridgehead atoms. The SMILES string of the molecule is CCCCCCCCP(=O)(O)O.Nc1nc(N)nc(N)n1. The summed E-state index contributed by atoms with van der Waals surface area (Å²) in [6.45, 7) is 2.15. The minimum Gasteiger partial charge on any atom is -0.368 e. The monoisotopic (exact) mass is 320 g/mol. The number of nitrogens with zero attached hydrogens (tertiary/aromatic N) is 3. The largest absolute Gasteiger partial charge is 0.368 e. The maximum absolute atomic E-state index is 10.4. The topological polar surface area (TPSA) is 174 Å². The number of nitrogen functional groups attached to an aromatic ring is 3.